The largest absolute Gasteiger partial charge is 0.475 e. The zero-order chi connectivity index (χ0) is 21.5. The number of nitrogens with one attached hydrogen (secondary N) is 1. The van der Waals surface area contributed by atoms with Crippen molar-refractivity contribution in [3.05, 3.63) is 75.1 Å². The van der Waals surface area contributed by atoms with E-state index in [1.165, 1.54) is 18.2 Å². The Morgan fingerprint density at radius 3 is 2.57 bits per heavy atom. The summed E-state index contributed by atoms with van der Waals surface area (Å²) in [6, 6.07) is 7.41. The van der Waals surface area contributed by atoms with Crippen LogP contribution in [0.25, 0.3) is 11.4 Å². The third-order valence-corrected chi connectivity index (χ3v) is 4.89. The quantitative estimate of drug-likeness (QED) is 0.673. The van der Waals surface area contributed by atoms with E-state index >= 15 is 0 Å². The second-order valence-corrected chi connectivity index (χ2v) is 6.95. The summed E-state index contributed by atoms with van der Waals surface area (Å²) in [6.45, 7) is 1.21. The van der Waals surface area contributed by atoms with Gasteiger partial charge >= 0.3 is 12.1 Å². The number of rotatable bonds is 4. The number of hydrogen-bond acceptors (Lipinski definition) is 5. The SMILES string of the molecule is O=C(O)c1ccc(CN2CCc3nc(-c4ccc(C(F)(F)F)cc4)[nH]c(=O)c3C2)o1. The molecule has 156 valence electrons. The molecule has 0 spiro atoms. The number of halogens is 3. The first-order valence-electron chi connectivity index (χ1n) is 9.05. The number of carbonyl (C=O) groups is 1. The fraction of sp³-hybridized carbons (Fsp3) is 0.250. The van der Waals surface area contributed by atoms with Crippen molar-refractivity contribution in [2.45, 2.75) is 25.7 Å². The number of benzene rings is 1. The molecule has 2 aromatic heterocycles. The number of H-pyrrole nitrogens is 1. The molecule has 1 aromatic carbocycles. The van der Waals surface area contributed by atoms with Gasteiger partial charge in [-0.1, -0.05) is 12.1 Å². The van der Waals surface area contributed by atoms with Gasteiger partial charge in [0, 0.05) is 25.1 Å². The van der Waals surface area contributed by atoms with Gasteiger partial charge in [-0.15, -0.1) is 0 Å². The standard InChI is InChI=1S/C20H16F3N3O4/c21-20(22,23)12-3-1-11(2-4-12)17-24-15-7-8-26(10-14(15)18(27)25-17)9-13-5-6-16(30-13)19(28)29/h1-6H,7-10H2,(H,28,29)(H,24,25,27). The molecule has 0 radical (unpaired) electrons. The highest BCUT2D eigenvalue weighted by molar-refractivity contribution is 5.84. The highest BCUT2D eigenvalue weighted by Gasteiger charge is 2.30. The van der Waals surface area contributed by atoms with Crippen molar-refractivity contribution >= 4 is 5.97 Å². The second-order valence-electron chi connectivity index (χ2n) is 6.95. The summed E-state index contributed by atoms with van der Waals surface area (Å²) < 4.78 is 43.4. The number of carboxylic acid groups (broad SMARTS) is 1. The van der Waals surface area contributed by atoms with Gasteiger partial charge in [0.1, 0.15) is 11.6 Å². The zero-order valence-corrected chi connectivity index (χ0v) is 15.5. The average molecular weight is 419 g/mol. The maximum atomic E-state index is 12.7. The van der Waals surface area contributed by atoms with E-state index in [1.54, 1.807) is 6.07 Å². The Kier molecular flexibility index (Phi) is 4.94. The zero-order valence-electron chi connectivity index (χ0n) is 15.5. The minimum atomic E-state index is -4.43. The molecule has 0 fully saturated rings. The van der Waals surface area contributed by atoms with Crippen LogP contribution in [0.5, 0.6) is 0 Å². The smallest absolute Gasteiger partial charge is 0.416 e. The molecule has 3 aromatic rings. The van der Waals surface area contributed by atoms with E-state index in [0.29, 0.717) is 48.6 Å². The number of carboxylic acids is 1. The van der Waals surface area contributed by atoms with Crippen LogP contribution in [0.2, 0.25) is 0 Å². The van der Waals surface area contributed by atoms with Crippen molar-refractivity contribution in [2.75, 3.05) is 6.54 Å². The van der Waals surface area contributed by atoms with E-state index in [2.05, 4.69) is 9.97 Å². The molecule has 0 amide bonds. The molecule has 3 heterocycles. The van der Waals surface area contributed by atoms with E-state index in [-0.39, 0.29) is 17.1 Å². The number of hydrogen-bond donors (Lipinski definition) is 2. The molecule has 30 heavy (non-hydrogen) atoms. The molecular weight excluding hydrogens is 403 g/mol. The van der Waals surface area contributed by atoms with E-state index in [0.717, 1.165) is 12.1 Å². The van der Waals surface area contributed by atoms with Crippen LogP contribution in [-0.4, -0.2) is 32.5 Å². The third-order valence-electron chi connectivity index (χ3n) is 4.89. The van der Waals surface area contributed by atoms with Crippen LogP contribution >= 0.6 is 0 Å². The van der Waals surface area contributed by atoms with Crippen LogP contribution in [0, 0.1) is 0 Å². The van der Waals surface area contributed by atoms with Gasteiger partial charge in [0.2, 0.25) is 5.76 Å². The lowest BCUT2D eigenvalue weighted by Gasteiger charge is -2.26. The van der Waals surface area contributed by atoms with Crippen molar-refractivity contribution < 1.29 is 27.5 Å². The molecule has 0 aliphatic carbocycles. The Morgan fingerprint density at radius 1 is 1.20 bits per heavy atom. The van der Waals surface area contributed by atoms with Crippen LogP contribution < -0.4 is 5.56 Å². The predicted octanol–water partition coefficient (Wildman–Crippen LogP) is 3.31. The monoisotopic (exact) mass is 419 g/mol. The number of alkyl halides is 3. The Morgan fingerprint density at radius 2 is 1.93 bits per heavy atom. The van der Waals surface area contributed by atoms with Crippen LogP contribution in [0.4, 0.5) is 13.2 Å². The lowest BCUT2D eigenvalue weighted by molar-refractivity contribution is -0.137. The molecule has 0 bridgehead atoms. The Bertz CT molecular complexity index is 1150. The topological polar surface area (TPSA) is 99.4 Å². The molecule has 10 heteroatoms. The molecule has 0 saturated carbocycles. The van der Waals surface area contributed by atoms with E-state index in [4.69, 9.17) is 9.52 Å². The normalized spacial score (nSPS) is 14.5. The summed E-state index contributed by atoms with van der Waals surface area (Å²) >= 11 is 0. The van der Waals surface area contributed by atoms with Crippen LogP contribution in [-0.2, 0) is 25.7 Å². The van der Waals surface area contributed by atoms with Gasteiger partial charge in [-0.05, 0) is 24.3 Å². The molecule has 0 saturated heterocycles. The Balaban J connectivity index is 1.53. The molecule has 4 rings (SSSR count). The minimum Gasteiger partial charge on any atom is -0.475 e. The van der Waals surface area contributed by atoms with Crippen molar-refractivity contribution in [3.8, 4) is 11.4 Å². The first-order valence-corrected chi connectivity index (χ1v) is 9.05. The maximum Gasteiger partial charge on any atom is 0.416 e. The molecule has 0 unspecified atom stereocenters. The lowest BCUT2D eigenvalue weighted by atomic mass is 10.1. The summed E-state index contributed by atoms with van der Waals surface area (Å²) in [4.78, 5) is 32.5. The molecule has 0 atom stereocenters. The van der Waals surface area contributed by atoms with Crippen LogP contribution in [0.15, 0.2) is 45.6 Å². The second kappa shape index (κ2) is 7.45. The lowest BCUT2D eigenvalue weighted by Crippen LogP contribution is -2.35. The van der Waals surface area contributed by atoms with E-state index < -0.39 is 17.7 Å². The van der Waals surface area contributed by atoms with Crippen molar-refractivity contribution in [1.29, 1.82) is 0 Å². The van der Waals surface area contributed by atoms with Gasteiger partial charge in [0.25, 0.3) is 5.56 Å². The van der Waals surface area contributed by atoms with Crippen LogP contribution in [0.1, 0.15) is 33.1 Å². The van der Waals surface area contributed by atoms with Gasteiger partial charge in [-0.2, -0.15) is 13.2 Å². The first kappa shape index (κ1) is 19.9. The third kappa shape index (κ3) is 3.99. The summed E-state index contributed by atoms with van der Waals surface area (Å²) in [5.41, 5.74) is 0.330. The average Bonchev–Trinajstić information content (AvgIpc) is 3.16. The number of aromatic nitrogens is 2. The first-order chi connectivity index (χ1) is 14.2. The highest BCUT2D eigenvalue weighted by atomic mass is 19.4. The highest BCUT2D eigenvalue weighted by Crippen LogP contribution is 2.30. The molecule has 1 aliphatic rings. The van der Waals surface area contributed by atoms with E-state index in [1.807, 2.05) is 4.90 Å². The number of fused-ring (bicyclic) bond motifs is 1. The van der Waals surface area contributed by atoms with Gasteiger partial charge in [-0.3, -0.25) is 9.69 Å². The Hall–Kier alpha value is -3.40. The van der Waals surface area contributed by atoms with Gasteiger partial charge in [0.15, 0.2) is 0 Å². The molecule has 2 N–H and O–H groups in total. The number of aromatic amines is 1. The fourth-order valence-electron chi connectivity index (χ4n) is 3.37. The van der Waals surface area contributed by atoms with Crippen molar-refractivity contribution in [3.63, 3.8) is 0 Å². The number of nitrogens with zero attached hydrogens (tertiary/aromatic N) is 2. The van der Waals surface area contributed by atoms with Crippen LogP contribution in [0.3, 0.4) is 0 Å². The summed E-state index contributed by atoms with van der Waals surface area (Å²) in [5, 5.41) is 8.93. The summed E-state index contributed by atoms with van der Waals surface area (Å²) in [5.74, 6) is -0.607. The number of furan rings is 1. The van der Waals surface area contributed by atoms with Crippen molar-refractivity contribution in [1.82, 2.24) is 14.9 Å². The molecule has 1 aliphatic heterocycles. The predicted molar refractivity (Wildman–Crippen MR) is 98.8 cm³/mol. The summed E-state index contributed by atoms with van der Waals surface area (Å²) in [6.07, 6.45) is -3.96. The van der Waals surface area contributed by atoms with Gasteiger partial charge in [0.05, 0.1) is 23.4 Å². The fourth-order valence-corrected chi connectivity index (χ4v) is 3.37. The number of aromatic carboxylic acids is 1. The van der Waals surface area contributed by atoms with E-state index in [9.17, 15) is 22.8 Å². The molecular formula is C20H16F3N3O4. The maximum absolute atomic E-state index is 12.7. The minimum absolute atomic E-state index is 0.150. The van der Waals surface area contributed by atoms with Gasteiger partial charge in [-0.25, -0.2) is 9.78 Å². The molecule has 7 nitrogen and oxygen atoms in total. The Labute approximate surface area is 167 Å². The van der Waals surface area contributed by atoms with Crippen molar-refractivity contribution in [2.24, 2.45) is 0 Å². The summed E-state index contributed by atoms with van der Waals surface area (Å²) in [7, 11) is 0. The van der Waals surface area contributed by atoms with Gasteiger partial charge < -0.3 is 14.5 Å².